The molecule has 0 aromatic carbocycles. The molecule has 3 nitrogen and oxygen atoms in total. The van der Waals surface area contributed by atoms with E-state index < -0.39 is 0 Å². The second-order valence-corrected chi connectivity index (χ2v) is 4.98. The molecule has 94 valence electrons. The topological polar surface area (TPSA) is 37.8 Å². The fraction of sp³-hybridized carbons (Fsp3) is 0.714. The Morgan fingerprint density at radius 2 is 2.18 bits per heavy atom. The molecule has 1 N–H and O–H groups in total. The van der Waals surface area contributed by atoms with Gasteiger partial charge in [-0.25, -0.2) is 9.97 Å². The summed E-state index contributed by atoms with van der Waals surface area (Å²) in [5, 5.41) is 3.23. The van der Waals surface area contributed by atoms with Gasteiger partial charge in [-0.3, -0.25) is 0 Å². The van der Waals surface area contributed by atoms with Gasteiger partial charge in [0.2, 0.25) is 0 Å². The van der Waals surface area contributed by atoms with Crippen LogP contribution in [0.25, 0.3) is 0 Å². The molecule has 1 aliphatic rings. The van der Waals surface area contributed by atoms with Gasteiger partial charge >= 0.3 is 0 Å². The van der Waals surface area contributed by atoms with Crippen molar-refractivity contribution in [3.63, 3.8) is 0 Å². The number of likely N-dealkylation sites (N-methyl/N-ethyl adjacent to an activating group) is 1. The number of rotatable bonds is 5. The first-order valence-electron chi connectivity index (χ1n) is 6.82. The number of nitrogens with zero attached hydrogens (tertiary/aromatic N) is 2. The van der Waals surface area contributed by atoms with Crippen LogP contribution in [-0.2, 0) is 0 Å². The maximum absolute atomic E-state index is 4.79. The molecule has 1 aliphatic carbocycles. The van der Waals surface area contributed by atoms with E-state index in [9.17, 15) is 0 Å². The van der Waals surface area contributed by atoms with Gasteiger partial charge in [-0.15, -0.1) is 0 Å². The van der Waals surface area contributed by atoms with Gasteiger partial charge in [0.05, 0.1) is 0 Å². The number of hydrogen-bond acceptors (Lipinski definition) is 3. The minimum absolute atomic E-state index is 0.446. The van der Waals surface area contributed by atoms with Crippen LogP contribution in [0, 0.1) is 0 Å². The van der Waals surface area contributed by atoms with Crippen molar-refractivity contribution < 1.29 is 0 Å². The fourth-order valence-corrected chi connectivity index (χ4v) is 2.70. The molecule has 1 heterocycles. The lowest BCUT2D eigenvalue weighted by molar-refractivity contribution is 0.569. The molecule has 1 saturated carbocycles. The van der Waals surface area contributed by atoms with Crippen LogP contribution in [0.2, 0.25) is 0 Å². The predicted octanol–water partition coefficient (Wildman–Crippen LogP) is 2.85. The third-order valence-corrected chi connectivity index (χ3v) is 3.78. The third kappa shape index (κ3) is 3.03. The number of hydrogen-bond donors (Lipinski definition) is 1. The van der Waals surface area contributed by atoms with Gasteiger partial charge in [0.25, 0.3) is 0 Å². The van der Waals surface area contributed by atoms with Gasteiger partial charge in [-0.1, -0.05) is 19.8 Å². The zero-order chi connectivity index (χ0) is 12.1. The van der Waals surface area contributed by atoms with E-state index in [2.05, 4.69) is 23.3 Å². The van der Waals surface area contributed by atoms with Crippen LogP contribution < -0.4 is 5.32 Å². The van der Waals surface area contributed by atoms with Gasteiger partial charge in [0.15, 0.2) is 0 Å². The van der Waals surface area contributed by atoms with Crippen LogP contribution in [0.1, 0.15) is 62.4 Å². The SMILES string of the molecule is CCC(CNC)c1nccc(C2CCCC2)n1. The summed E-state index contributed by atoms with van der Waals surface area (Å²) in [6.45, 7) is 3.16. The molecule has 17 heavy (non-hydrogen) atoms. The average molecular weight is 233 g/mol. The molecular formula is C14H23N3. The van der Waals surface area contributed by atoms with Gasteiger partial charge in [-0.05, 0) is 32.4 Å². The Labute approximate surface area is 104 Å². The second-order valence-electron chi connectivity index (χ2n) is 4.98. The first-order chi connectivity index (χ1) is 8.35. The zero-order valence-electron chi connectivity index (χ0n) is 10.9. The predicted molar refractivity (Wildman–Crippen MR) is 70.2 cm³/mol. The normalized spacial score (nSPS) is 18.5. The maximum atomic E-state index is 4.79. The Kier molecular flexibility index (Phi) is 4.49. The van der Waals surface area contributed by atoms with Gasteiger partial charge in [0, 0.05) is 30.3 Å². The Hall–Kier alpha value is -0.960. The second kappa shape index (κ2) is 6.10. The van der Waals surface area contributed by atoms with E-state index in [1.54, 1.807) is 0 Å². The van der Waals surface area contributed by atoms with Crippen molar-refractivity contribution in [2.45, 2.75) is 50.9 Å². The minimum atomic E-state index is 0.446. The summed E-state index contributed by atoms with van der Waals surface area (Å²) in [6, 6.07) is 2.10. The van der Waals surface area contributed by atoms with Crippen LogP contribution in [0.15, 0.2) is 12.3 Å². The maximum Gasteiger partial charge on any atom is 0.132 e. The van der Waals surface area contributed by atoms with Gasteiger partial charge < -0.3 is 5.32 Å². The highest BCUT2D eigenvalue weighted by Gasteiger charge is 2.20. The largest absolute Gasteiger partial charge is 0.319 e. The number of nitrogens with one attached hydrogen (secondary N) is 1. The summed E-state index contributed by atoms with van der Waals surface area (Å²) in [7, 11) is 1.99. The lowest BCUT2D eigenvalue weighted by Gasteiger charge is -2.15. The van der Waals surface area contributed by atoms with E-state index in [-0.39, 0.29) is 0 Å². The van der Waals surface area contributed by atoms with Gasteiger partial charge in [-0.2, -0.15) is 0 Å². The fourth-order valence-electron chi connectivity index (χ4n) is 2.70. The average Bonchev–Trinajstić information content (AvgIpc) is 2.90. The van der Waals surface area contributed by atoms with E-state index in [0.717, 1.165) is 18.8 Å². The first kappa shape index (κ1) is 12.5. The van der Waals surface area contributed by atoms with Crippen molar-refractivity contribution in [3.05, 3.63) is 23.8 Å². The molecule has 0 amide bonds. The van der Waals surface area contributed by atoms with Crippen LogP contribution in [0.4, 0.5) is 0 Å². The highest BCUT2D eigenvalue weighted by Crippen LogP contribution is 2.33. The molecule has 1 unspecified atom stereocenters. The molecule has 0 spiro atoms. The van der Waals surface area contributed by atoms with Crippen molar-refractivity contribution >= 4 is 0 Å². The van der Waals surface area contributed by atoms with Gasteiger partial charge in [0.1, 0.15) is 5.82 Å². The zero-order valence-corrected chi connectivity index (χ0v) is 10.9. The Morgan fingerprint density at radius 3 is 2.82 bits per heavy atom. The summed E-state index contributed by atoms with van der Waals surface area (Å²) >= 11 is 0. The molecule has 2 rings (SSSR count). The third-order valence-electron chi connectivity index (χ3n) is 3.78. The van der Waals surface area contributed by atoms with E-state index in [1.165, 1.54) is 31.4 Å². The minimum Gasteiger partial charge on any atom is -0.319 e. The molecule has 1 aromatic rings. The van der Waals surface area contributed by atoms with Crippen molar-refractivity contribution in [2.24, 2.45) is 0 Å². The van der Waals surface area contributed by atoms with E-state index in [1.807, 2.05) is 13.2 Å². The first-order valence-corrected chi connectivity index (χ1v) is 6.82. The van der Waals surface area contributed by atoms with Crippen LogP contribution in [0.5, 0.6) is 0 Å². The van der Waals surface area contributed by atoms with E-state index in [0.29, 0.717) is 11.8 Å². The quantitative estimate of drug-likeness (QED) is 0.849. The summed E-state index contributed by atoms with van der Waals surface area (Å²) in [5.41, 5.74) is 1.27. The monoisotopic (exact) mass is 233 g/mol. The molecule has 1 aromatic heterocycles. The van der Waals surface area contributed by atoms with Crippen molar-refractivity contribution in [2.75, 3.05) is 13.6 Å². The van der Waals surface area contributed by atoms with Crippen LogP contribution >= 0.6 is 0 Å². The van der Waals surface area contributed by atoms with Crippen LogP contribution in [-0.4, -0.2) is 23.6 Å². The lowest BCUT2D eigenvalue weighted by Crippen LogP contribution is -2.19. The molecule has 1 atom stereocenters. The highest BCUT2D eigenvalue weighted by atomic mass is 14.9. The summed E-state index contributed by atoms with van der Waals surface area (Å²) in [4.78, 5) is 9.24. The molecule has 0 radical (unpaired) electrons. The summed E-state index contributed by atoms with van der Waals surface area (Å²) in [6.07, 6.45) is 8.36. The molecular weight excluding hydrogens is 210 g/mol. The standard InChI is InChI=1S/C14H23N3/c1-3-11(10-15-2)14-16-9-8-13(17-14)12-6-4-5-7-12/h8-9,11-12,15H,3-7,10H2,1-2H3. The highest BCUT2D eigenvalue weighted by molar-refractivity contribution is 5.12. The lowest BCUT2D eigenvalue weighted by atomic mass is 10.0. The Morgan fingerprint density at radius 1 is 1.41 bits per heavy atom. The Balaban J connectivity index is 2.14. The summed E-state index contributed by atoms with van der Waals surface area (Å²) < 4.78 is 0. The molecule has 0 saturated heterocycles. The van der Waals surface area contributed by atoms with Crippen LogP contribution in [0.3, 0.4) is 0 Å². The van der Waals surface area contributed by atoms with Crippen molar-refractivity contribution in [1.82, 2.24) is 15.3 Å². The smallest absolute Gasteiger partial charge is 0.132 e. The molecule has 0 aliphatic heterocycles. The molecule has 1 fully saturated rings. The van der Waals surface area contributed by atoms with Crippen molar-refractivity contribution in [3.8, 4) is 0 Å². The molecule has 3 heteroatoms. The number of aromatic nitrogens is 2. The van der Waals surface area contributed by atoms with Crippen molar-refractivity contribution in [1.29, 1.82) is 0 Å². The van der Waals surface area contributed by atoms with E-state index >= 15 is 0 Å². The Bertz CT molecular complexity index is 345. The van der Waals surface area contributed by atoms with E-state index in [4.69, 9.17) is 4.98 Å². The molecule has 0 bridgehead atoms. The summed E-state index contributed by atoms with van der Waals surface area (Å²) in [5.74, 6) is 2.15.